The number of hydrogen-bond acceptors (Lipinski definition) is 4. The average molecular weight is 559 g/mol. The van der Waals surface area contributed by atoms with Gasteiger partial charge in [-0.15, -0.1) is 0 Å². The fourth-order valence-electron chi connectivity index (χ4n) is 4.43. The van der Waals surface area contributed by atoms with E-state index in [1.807, 2.05) is 0 Å². The molecule has 0 bridgehead atoms. The van der Waals surface area contributed by atoms with Crippen molar-refractivity contribution in [1.82, 2.24) is 10.4 Å². The van der Waals surface area contributed by atoms with Gasteiger partial charge in [0.2, 0.25) is 11.5 Å². The lowest BCUT2D eigenvalue weighted by Crippen LogP contribution is -2.60. The number of nitrogens with zero attached hydrogens (tertiary/aromatic N) is 4. The topological polar surface area (TPSA) is 90.3 Å². The SMILES string of the molecule is [N-]=[N+]=NC1(c2ccc(C3=CC(c4cc(Cl)c(Cl)c(Cl)c4)(C(F)(F)F)ON3)cc2)CN(C(=O)C2CC2)C1. The van der Waals surface area contributed by atoms with E-state index in [4.69, 9.17) is 45.2 Å². The Kier molecular flexibility index (Phi) is 6.08. The first-order chi connectivity index (χ1) is 17.0. The Morgan fingerprint density at radius 2 is 1.72 bits per heavy atom. The average Bonchev–Trinajstić information content (AvgIpc) is 3.56. The van der Waals surface area contributed by atoms with Crippen molar-refractivity contribution in [3.8, 4) is 0 Å². The minimum absolute atomic E-state index is 0.0520. The quantitative estimate of drug-likeness (QED) is 0.191. The fourth-order valence-corrected chi connectivity index (χ4v) is 5.03. The second kappa shape index (κ2) is 8.75. The van der Waals surface area contributed by atoms with Crippen LogP contribution in [0.15, 0.2) is 47.6 Å². The molecule has 0 aromatic heterocycles. The van der Waals surface area contributed by atoms with Gasteiger partial charge in [0.1, 0.15) is 5.54 Å². The van der Waals surface area contributed by atoms with Crippen LogP contribution in [0, 0.1) is 5.92 Å². The number of azide groups is 1. The molecule has 0 radical (unpaired) electrons. The number of alkyl halides is 3. The molecule has 1 N–H and O–H groups in total. The maximum Gasteiger partial charge on any atom is 0.428 e. The minimum atomic E-state index is -4.86. The van der Waals surface area contributed by atoms with E-state index in [9.17, 15) is 18.0 Å². The normalized spacial score (nSPS) is 22.8. The Balaban J connectivity index is 1.44. The summed E-state index contributed by atoms with van der Waals surface area (Å²) in [6.45, 7) is 0.510. The molecule has 2 aromatic rings. The summed E-state index contributed by atoms with van der Waals surface area (Å²) >= 11 is 17.9. The lowest BCUT2D eigenvalue weighted by atomic mass is 9.82. The van der Waals surface area contributed by atoms with Gasteiger partial charge in [0.25, 0.3) is 0 Å². The molecule has 3 aliphatic rings. The summed E-state index contributed by atoms with van der Waals surface area (Å²) in [5.41, 5.74) is 8.45. The molecule has 5 rings (SSSR count). The highest BCUT2D eigenvalue weighted by Gasteiger charge is 2.60. The molecular weight excluding hydrogens is 542 g/mol. The summed E-state index contributed by atoms with van der Waals surface area (Å²) in [6.07, 6.45) is -2.22. The van der Waals surface area contributed by atoms with Gasteiger partial charge in [-0.05, 0) is 47.7 Å². The van der Waals surface area contributed by atoms with E-state index in [1.54, 1.807) is 29.2 Å². The first-order valence-corrected chi connectivity index (χ1v) is 12.0. The van der Waals surface area contributed by atoms with E-state index in [0.717, 1.165) is 31.1 Å². The molecule has 13 heteroatoms. The van der Waals surface area contributed by atoms with Crippen molar-refractivity contribution in [2.75, 3.05) is 13.1 Å². The summed E-state index contributed by atoms with van der Waals surface area (Å²) in [5, 5.41) is 3.59. The molecule has 1 aliphatic carbocycles. The molecule has 1 saturated carbocycles. The number of carbonyl (C=O) groups excluding carboxylic acids is 1. The molecule has 1 saturated heterocycles. The Morgan fingerprint density at radius 1 is 1.11 bits per heavy atom. The standard InChI is InChI=1S/C23H17Cl3F3N5O2/c24-16-7-15(8-17(25)19(16)26)22(23(27,28)29)9-18(31-36-22)12-3-5-14(6-4-12)21(32-33-30)10-34(11-21)20(35)13-1-2-13/h3-9,13,31H,1-2,10-11H2. The van der Waals surface area contributed by atoms with Crippen molar-refractivity contribution in [3.05, 3.63) is 84.7 Å². The third-order valence-corrected chi connectivity index (χ3v) is 7.81. The van der Waals surface area contributed by atoms with Gasteiger partial charge in [-0.25, -0.2) is 0 Å². The molecule has 188 valence electrons. The van der Waals surface area contributed by atoms with Gasteiger partial charge in [-0.2, -0.15) is 13.2 Å². The van der Waals surface area contributed by atoms with Crippen LogP contribution in [0.3, 0.4) is 0 Å². The van der Waals surface area contributed by atoms with Crippen LogP contribution in [0.1, 0.15) is 29.5 Å². The van der Waals surface area contributed by atoms with Crippen molar-refractivity contribution < 1.29 is 22.8 Å². The second-order valence-corrected chi connectivity index (χ2v) is 10.2. The van der Waals surface area contributed by atoms with Crippen LogP contribution in [0.5, 0.6) is 0 Å². The number of hydrogen-bond donors (Lipinski definition) is 1. The Morgan fingerprint density at radius 3 is 2.25 bits per heavy atom. The predicted octanol–water partition coefficient (Wildman–Crippen LogP) is 6.74. The maximum atomic E-state index is 14.3. The highest BCUT2D eigenvalue weighted by molar-refractivity contribution is 6.48. The zero-order chi connectivity index (χ0) is 25.9. The predicted molar refractivity (Wildman–Crippen MR) is 128 cm³/mol. The van der Waals surface area contributed by atoms with Gasteiger partial charge >= 0.3 is 6.18 Å². The molecule has 1 amide bonds. The monoisotopic (exact) mass is 557 g/mol. The number of likely N-dealkylation sites (tertiary alicyclic amines) is 1. The molecule has 2 aromatic carbocycles. The minimum Gasteiger partial charge on any atom is -0.340 e. The summed E-state index contributed by atoms with van der Waals surface area (Å²) in [7, 11) is 0. The van der Waals surface area contributed by atoms with Gasteiger partial charge in [0, 0.05) is 29.5 Å². The lowest BCUT2D eigenvalue weighted by molar-refractivity contribution is -0.269. The van der Waals surface area contributed by atoms with Crippen molar-refractivity contribution in [2.45, 2.75) is 30.2 Å². The van der Waals surface area contributed by atoms with Crippen molar-refractivity contribution in [1.29, 1.82) is 0 Å². The van der Waals surface area contributed by atoms with E-state index in [-0.39, 0.29) is 51.2 Å². The van der Waals surface area contributed by atoms with Gasteiger partial charge in [-0.3, -0.25) is 15.1 Å². The van der Waals surface area contributed by atoms with E-state index in [2.05, 4.69) is 15.5 Å². The Hall–Kier alpha value is -2.62. The Bertz CT molecular complexity index is 1290. The molecule has 1 atom stereocenters. The van der Waals surface area contributed by atoms with Gasteiger partial charge in [0.15, 0.2) is 0 Å². The first kappa shape index (κ1) is 25.0. The number of amides is 1. The number of rotatable bonds is 5. The molecule has 2 heterocycles. The molecule has 36 heavy (non-hydrogen) atoms. The molecule has 1 unspecified atom stereocenters. The van der Waals surface area contributed by atoms with Crippen molar-refractivity contribution >= 4 is 46.4 Å². The zero-order valence-electron chi connectivity index (χ0n) is 18.3. The van der Waals surface area contributed by atoms with E-state index < -0.39 is 17.3 Å². The molecule has 7 nitrogen and oxygen atoms in total. The zero-order valence-corrected chi connectivity index (χ0v) is 20.6. The van der Waals surface area contributed by atoms with Gasteiger partial charge in [-0.1, -0.05) is 64.2 Å². The van der Waals surface area contributed by atoms with Crippen LogP contribution in [-0.2, 0) is 20.8 Å². The van der Waals surface area contributed by atoms with Crippen LogP contribution in [-0.4, -0.2) is 30.1 Å². The summed E-state index contributed by atoms with van der Waals surface area (Å²) in [4.78, 5) is 22.0. The maximum absolute atomic E-state index is 14.3. The number of hydroxylamine groups is 1. The van der Waals surface area contributed by atoms with Crippen LogP contribution in [0.25, 0.3) is 16.1 Å². The van der Waals surface area contributed by atoms with Gasteiger partial charge in [0.05, 0.1) is 20.8 Å². The second-order valence-electron chi connectivity index (χ2n) is 9.02. The summed E-state index contributed by atoms with van der Waals surface area (Å²) in [6, 6.07) is 8.62. The van der Waals surface area contributed by atoms with Gasteiger partial charge < -0.3 is 4.90 Å². The summed E-state index contributed by atoms with van der Waals surface area (Å²) < 4.78 is 42.8. The third kappa shape index (κ3) is 4.07. The molecule has 2 aliphatic heterocycles. The Labute approximate surface area is 218 Å². The van der Waals surface area contributed by atoms with E-state index in [1.165, 1.54) is 0 Å². The van der Waals surface area contributed by atoms with Crippen molar-refractivity contribution in [2.24, 2.45) is 11.0 Å². The molecule has 0 spiro atoms. The smallest absolute Gasteiger partial charge is 0.340 e. The lowest BCUT2D eigenvalue weighted by Gasteiger charge is -2.47. The molecule has 2 fully saturated rings. The van der Waals surface area contributed by atoms with Crippen LogP contribution >= 0.6 is 34.8 Å². The van der Waals surface area contributed by atoms with Crippen molar-refractivity contribution in [3.63, 3.8) is 0 Å². The van der Waals surface area contributed by atoms with Crippen LogP contribution in [0.2, 0.25) is 15.1 Å². The number of halogens is 6. The van der Waals surface area contributed by atoms with E-state index >= 15 is 0 Å². The first-order valence-electron chi connectivity index (χ1n) is 10.8. The number of benzene rings is 2. The number of carbonyl (C=O) groups is 1. The highest BCUT2D eigenvalue weighted by Crippen LogP contribution is 2.49. The highest BCUT2D eigenvalue weighted by atomic mass is 35.5. The third-order valence-electron chi connectivity index (χ3n) is 6.62. The molecular formula is C23H17Cl3F3N5O2. The largest absolute Gasteiger partial charge is 0.428 e. The van der Waals surface area contributed by atoms with Crippen LogP contribution in [0.4, 0.5) is 13.2 Å². The summed E-state index contributed by atoms with van der Waals surface area (Å²) in [5.74, 6) is 0.106. The fraction of sp³-hybridized carbons (Fsp3) is 0.348. The van der Waals surface area contributed by atoms with E-state index in [0.29, 0.717) is 11.1 Å². The van der Waals surface area contributed by atoms with Crippen LogP contribution < -0.4 is 5.48 Å². The number of nitrogens with one attached hydrogen (secondary N) is 1.